The molecule has 128 valence electrons. The Morgan fingerprint density at radius 1 is 1.32 bits per heavy atom. The molecule has 0 saturated heterocycles. The number of para-hydroxylation sites is 1. The van der Waals surface area contributed by atoms with Crippen LogP contribution in [0.25, 0.3) is 10.9 Å². The van der Waals surface area contributed by atoms with Gasteiger partial charge in [0.2, 0.25) is 0 Å². The SMILES string of the molecule is O=C(O)c1cc([N+](=O)[O-])c(Br)cc1NCCc1c[nH]c2ccccc12. The molecule has 1 heterocycles. The third-order valence-electron chi connectivity index (χ3n) is 3.90. The van der Waals surface area contributed by atoms with Gasteiger partial charge in [-0.15, -0.1) is 0 Å². The maximum absolute atomic E-state index is 11.4. The molecule has 0 aliphatic rings. The van der Waals surface area contributed by atoms with Crippen molar-refractivity contribution in [1.82, 2.24) is 4.98 Å². The van der Waals surface area contributed by atoms with Crippen LogP contribution in [0.4, 0.5) is 11.4 Å². The molecule has 3 aromatic rings. The first-order valence-corrected chi connectivity index (χ1v) is 8.26. The summed E-state index contributed by atoms with van der Waals surface area (Å²) >= 11 is 3.11. The van der Waals surface area contributed by atoms with Crippen LogP contribution in [0.15, 0.2) is 47.1 Å². The van der Waals surface area contributed by atoms with Crippen molar-refractivity contribution in [3.05, 3.63) is 68.3 Å². The number of hydrogen-bond donors (Lipinski definition) is 3. The molecule has 3 N–H and O–H groups in total. The van der Waals surface area contributed by atoms with E-state index in [2.05, 4.69) is 26.2 Å². The summed E-state index contributed by atoms with van der Waals surface area (Å²) in [5.74, 6) is -1.22. The Morgan fingerprint density at radius 2 is 2.08 bits per heavy atom. The lowest BCUT2D eigenvalue weighted by atomic mass is 10.1. The van der Waals surface area contributed by atoms with Gasteiger partial charge in [-0.1, -0.05) is 18.2 Å². The topological polar surface area (TPSA) is 108 Å². The molecule has 0 saturated carbocycles. The Hall–Kier alpha value is -2.87. The minimum Gasteiger partial charge on any atom is -0.478 e. The van der Waals surface area contributed by atoms with E-state index in [1.54, 1.807) is 0 Å². The van der Waals surface area contributed by atoms with Crippen LogP contribution < -0.4 is 5.32 Å². The number of fused-ring (bicyclic) bond motifs is 1. The number of aromatic amines is 1. The number of nitro groups is 1. The molecule has 0 bridgehead atoms. The highest BCUT2D eigenvalue weighted by molar-refractivity contribution is 9.10. The van der Waals surface area contributed by atoms with Crippen LogP contribution in [-0.4, -0.2) is 27.5 Å². The Morgan fingerprint density at radius 3 is 2.80 bits per heavy atom. The number of nitro benzene ring substituents is 1. The van der Waals surface area contributed by atoms with Crippen molar-refractivity contribution in [3.8, 4) is 0 Å². The highest BCUT2D eigenvalue weighted by Gasteiger charge is 2.20. The van der Waals surface area contributed by atoms with E-state index >= 15 is 0 Å². The van der Waals surface area contributed by atoms with E-state index in [0.717, 1.165) is 22.5 Å². The lowest BCUT2D eigenvalue weighted by Gasteiger charge is -2.10. The minimum atomic E-state index is -1.22. The predicted molar refractivity (Wildman–Crippen MR) is 98.2 cm³/mol. The van der Waals surface area contributed by atoms with Gasteiger partial charge in [0.1, 0.15) is 0 Å². The molecule has 0 atom stereocenters. The standard InChI is InChI=1S/C17H14BrN3O4/c18-13-8-15(12(17(22)23)7-16(13)21(24)25)19-6-5-10-9-20-14-4-2-1-3-11(10)14/h1-4,7-9,19-20H,5-6H2,(H,22,23). The molecule has 0 radical (unpaired) electrons. The molecular weight excluding hydrogens is 390 g/mol. The zero-order valence-electron chi connectivity index (χ0n) is 13.0. The third kappa shape index (κ3) is 3.48. The summed E-state index contributed by atoms with van der Waals surface area (Å²) in [4.78, 5) is 24.9. The lowest BCUT2D eigenvalue weighted by molar-refractivity contribution is -0.385. The zero-order valence-corrected chi connectivity index (χ0v) is 14.5. The number of halogens is 1. The second kappa shape index (κ2) is 6.94. The molecule has 0 aliphatic heterocycles. The third-order valence-corrected chi connectivity index (χ3v) is 4.53. The zero-order chi connectivity index (χ0) is 18.0. The van der Waals surface area contributed by atoms with Gasteiger partial charge >= 0.3 is 5.97 Å². The normalized spacial score (nSPS) is 10.8. The molecule has 1 aromatic heterocycles. The van der Waals surface area contributed by atoms with Crippen molar-refractivity contribution in [3.63, 3.8) is 0 Å². The molecule has 0 fully saturated rings. The largest absolute Gasteiger partial charge is 0.478 e. The van der Waals surface area contributed by atoms with Crippen molar-refractivity contribution in [2.24, 2.45) is 0 Å². The van der Waals surface area contributed by atoms with Crippen molar-refractivity contribution < 1.29 is 14.8 Å². The highest BCUT2D eigenvalue weighted by atomic mass is 79.9. The van der Waals surface area contributed by atoms with Crippen LogP contribution in [0.2, 0.25) is 0 Å². The van der Waals surface area contributed by atoms with Gasteiger partial charge in [-0.3, -0.25) is 10.1 Å². The van der Waals surface area contributed by atoms with Gasteiger partial charge in [0, 0.05) is 29.7 Å². The molecule has 25 heavy (non-hydrogen) atoms. The first-order valence-electron chi connectivity index (χ1n) is 7.47. The van der Waals surface area contributed by atoms with E-state index in [9.17, 15) is 20.0 Å². The number of benzene rings is 2. The molecule has 0 amide bonds. The van der Waals surface area contributed by atoms with Crippen LogP contribution >= 0.6 is 15.9 Å². The Bertz CT molecular complexity index is 968. The fraction of sp³-hybridized carbons (Fsp3) is 0.118. The molecule has 0 aliphatic carbocycles. The number of carboxylic acids is 1. The number of carbonyl (C=O) groups is 1. The van der Waals surface area contributed by atoms with Gasteiger partial charge in [0.15, 0.2) is 0 Å². The van der Waals surface area contributed by atoms with Gasteiger partial charge in [-0.2, -0.15) is 0 Å². The Labute approximate surface area is 151 Å². The van der Waals surface area contributed by atoms with Gasteiger partial charge in [0.25, 0.3) is 5.69 Å². The summed E-state index contributed by atoms with van der Waals surface area (Å²) in [5, 5.41) is 24.4. The van der Waals surface area contributed by atoms with Gasteiger partial charge in [-0.05, 0) is 40.0 Å². The van der Waals surface area contributed by atoms with Gasteiger partial charge < -0.3 is 15.4 Å². The maximum Gasteiger partial charge on any atom is 0.338 e. The fourth-order valence-electron chi connectivity index (χ4n) is 2.70. The summed E-state index contributed by atoms with van der Waals surface area (Å²) in [6, 6.07) is 10.4. The number of nitrogens with one attached hydrogen (secondary N) is 2. The van der Waals surface area contributed by atoms with Crippen LogP contribution in [0.3, 0.4) is 0 Å². The fourth-order valence-corrected chi connectivity index (χ4v) is 3.18. The van der Waals surface area contributed by atoms with E-state index in [4.69, 9.17) is 0 Å². The number of aromatic carboxylic acids is 1. The number of nitrogens with zero attached hydrogens (tertiary/aromatic N) is 1. The van der Waals surface area contributed by atoms with E-state index in [1.165, 1.54) is 6.07 Å². The average Bonchev–Trinajstić information content (AvgIpc) is 2.98. The second-order valence-corrected chi connectivity index (χ2v) is 6.30. The monoisotopic (exact) mass is 403 g/mol. The average molecular weight is 404 g/mol. The molecule has 0 unspecified atom stereocenters. The van der Waals surface area contributed by atoms with Crippen molar-refractivity contribution in [1.29, 1.82) is 0 Å². The maximum atomic E-state index is 11.4. The minimum absolute atomic E-state index is 0.131. The van der Waals surface area contributed by atoms with E-state index < -0.39 is 10.9 Å². The van der Waals surface area contributed by atoms with E-state index in [1.807, 2.05) is 30.5 Å². The molecule has 0 spiro atoms. The molecule has 8 heteroatoms. The van der Waals surface area contributed by atoms with Crippen molar-refractivity contribution >= 4 is 44.2 Å². The first kappa shape index (κ1) is 17.0. The molecule has 2 aromatic carbocycles. The van der Waals surface area contributed by atoms with Crippen LogP contribution in [0, 0.1) is 10.1 Å². The number of anilines is 1. The number of aromatic nitrogens is 1. The Kier molecular flexibility index (Phi) is 4.71. The summed E-state index contributed by atoms with van der Waals surface area (Å²) in [7, 11) is 0. The first-order chi connectivity index (χ1) is 12.0. The highest BCUT2D eigenvalue weighted by Crippen LogP contribution is 2.31. The lowest BCUT2D eigenvalue weighted by Crippen LogP contribution is -2.10. The summed E-state index contributed by atoms with van der Waals surface area (Å²) in [6.45, 7) is 0.492. The molecule has 3 rings (SSSR count). The quantitative estimate of drug-likeness (QED) is 0.422. The van der Waals surface area contributed by atoms with Gasteiger partial charge in [-0.25, -0.2) is 4.79 Å². The summed E-state index contributed by atoms with van der Waals surface area (Å²) in [5.41, 5.74) is 2.08. The summed E-state index contributed by atoms with van der Waals surface area (Å²) < 4.78 is 0.233. The number of carboxylic acid groups (broad SMARTS) is 1. The van der Waals surface area contributed by atoms with Gasteiger partial charge in [0.05, 0.1) is 20.6 Å². The van der Waals surface area contributed by atoms with Crippen LogP contribution in [0.5, 0.6) is 0 Å². The van der Waals surface area contributed by atoms with Crippen LogP contribution in [-0.2, 0) is 6.42 Å². The second-order valence-electron chi connectivity index (χ2n) is 5.45. The Balaban J connectivity index is 1.79. The van der Waals surface area contributed by atoms with E-state index in [-0.39, 0.29) is 15.7 Å². The predicted octanol–water partition coefficient (Wildman–Crippen LogP) is 4.19. The molecule has 7 nitrogen and oxygen atoms in total. The van der Waals surface area contributed by atoms with Crippen LogP contribution in [0.1, 0.15) is 15.9 Å². The van der Waals surface area contributed by atoms with E-state index in [0.29, 0.717) is 18.7 Å². The smallest absolute Gasteiger partial charge is 0.338 e. The number of hydrogen-bond acceptors (Lipinski definition) is 4. The number of H-pyrrole nitrogens is 1. The van der Waals surface area contributed by atoms with Crippen molar-refractivity contribution in [2.75, 3.05) is 11.9 Å². The van der Waals surface area contributed by atoms with Crippen molar-refractivity contribution in [2.45, 2.75) is 6.42 Å². The summed E-state index contributed by atoms with van der Waals surface area (Å²) in [6.07, 6.45) is 2.61. The number of rotatable bonds is 6. The molecular formula is C17H14BrN3O4.